The summed E-state index contributed by atoms with van der Waals surface area (Å²) in [6, 6.07) is 0. The zero-order chi connectivity index (χ0) is 19.6. The van der Waals surface area contributed by atoms with Crippen molar-refractivity contribution in [2.24, 2.45) is 7.05 Å². The Balaban J connectivity index is 1.83. The molecule has 0 fully saturated rings. The summed E-state index contributed by atoms with van der Waals surface area (Å²) in [7, 11) is 6.03. The van der Waals surface area contributed by atoms with Gasteiger partial charge < -0.3 is 9.64 Å². The van der Waals surface area contributed by atoms with Gasteiger partial charge in [-0.3, -0.25) is 14.3 Å². The molecule has 1 aliphatic rings. The maximum Gasteiger partial charge on any atom is 0.359 e. The van der Waals surface area contributed by atoms with Gasteiger partial charge in [0.05, 0.1) is 18.8 Å². The molecule has 8 nitrogen and oxygen atoms in total. The number of hydrogen-bond acceptors (Lipinski definition) is 6. The zero-order valence-electron chi connectivity index (χ0n) is 17.0. The van der Waals surface area contributed by atoms with Gasteiger partial charge in [0.25, 0.3) is 0 Å². The molecular weight excluding hydrogens is 344 g/mol. The number of fused-ring (bicyclic) bond motifs is 1. The number of aromatic nitrogens is 4. The summed E-state index contributed by atoms with van der Waals surface area (Å²) in [6.07, 6.45) is 2.95. The van der Waals surface area contributed by atoms with Crippen molar-refractivity contribution in [1.82, 2.24) is 29.4 Å². The molecule has 0 saturated carbocycles. The molecule has 0 aliphatic carbocycles. The first kappa shape index (κ1) is 19.6. The first-order valence-electron chi connectivity index (χ1n) is 9.51. The van der Waals surface area contributed by atoms with Gasteiger partial charge in [0.1, 0.15) is 0 Å². The average Bonchev–Trinajstić information content (AvgIpc) is 3.12. The monoisotopic (exact) mass is 374 g/mol. The van der Waals surface area contributed by atoms with E-state index in [0.29, 0.717) is 18.8 Å². The Labute approximate surface area is 160 Å². The van der Waals surface area contributed by atoms with E-state index in [4.69, 9.17) is 4.74 Å². The molecule has 0 bridgehead atoms. The Morgan fingerprint density at radius 3 is 2.74 bits per heavy atom. The fourth-order valence-corrected chi connectivity index (χ4v) is 3.57. The number of hydrogen-bond donors (Lipinski definition) is 0. The van der Waals surface area contributed by atoms with Gasteiger partial charge in [-0.05, 0) is 27.9 Å². The molecule has 27 heavy (non-hydrogen) atoms. The summed E-state index contributed by atoms with van der Waals surface area (Å²) in [5.41, 5.74) is 4.92. The van der Waals surface area contributed by atoms with Crippen molar-refractivity contribution in [3.8, 4) is 0 Å². The fourth-order valence-electron chi connectivity index (χ4n) is 3.57. The molecule has 8 heteroatoms. The molecule has 0 amide bonds. The number of aryl methyl sites for hydroxylation is 2. The molecule has 148 valence electrons. The lowest BCUT2D eigenvalue weighted by Crippen LogP contribution is -2.32. The first-order valence-corrected chi connectivity index (χ1v) is 9.51. The number of carbonyl (C=O) groups excluding carboxylic acids is 1. The second kappa shape index (κ2) is 8.22. The highest BCUT2D eigenvalue weighted by Gasteiger charge is 2.29. The van der Waals surface area contributed by atoms with E-state index in [2.05, 4.69) is 26.2 Å². The normalized spacial score (nSPS) is 14.6. The van der Waals surface area contributed by atoms with E-state index in [1.165, 1.54) is 11.3 Å². The summed E-state index contributed by atoms with van der Waals surface area (Å²) >= 11 is 0. The highest BCUT2D eigenvalue weighted by Crippen LogP contribution is 2.25. The van der Waals surface area contributed by atoms with Crippen LogP contribution >= 0.6 is 0 Å². The molecule has 3 heterocycles. The van der Waals surface area contributed by atoms with Gasteiger partial charge in [-0.2, -0.15) is 10.2 Å². The van der Waals surface area contributed by atoms with E-state index in [-0.39, 0.29) is 5.97 Å². The van der Waals surface area contributed by atoms with Crippen LogP contribution in [0.2, 0.25) is 0 Å². The van der Waals surface area contributed by atoms with Crippen molar-refractivity contribution >= 4 is 5.97 Å². The number of esters is 1. The largest absolute Gasteiger partial charge is 0.461 e. The lowest BCUT2D eigenvalue weighted by molar-refractivity contribution is 0.0515. The van der Waals surface area contributed by atoms with Crippen LogP contribution in [0.15, 0.2) is 6.20 Å². The second-order valence-corrected chi connectivity index (χ2v) is 7.39. The fraction of sp³-hybridized carbons (Fsp3) is 0.632. The van der Waals surface area contributed by atoms with Crippen molar-refractivity contribution in [2.45, 2.75) is 39.9 Å². The lowest BCUT2D eigenvalue weighted by atomic mass is 10.0. The minimum Gasteiger partial charge on any atom is -0.461 e. The number of rotatable bonds is 7. The minimum absolute atomic E-state index is 0.322. The van der Waals surface area contributed by atoms with Crippen LogP contribution in [-0.2, 0) is 37.8 Å². The van der Waals surface area contributed by atoms with Crippen molar-refractivity contribution in [2.75, 3.05) is 33.8 Å². The molecule has 1 aliphatic heterocycles. The smallest absolute Gasteiger partial charge is 0.359 e. The highest BCUT2D eigenvalue weighted by molar-refractivity contribution is 5.89. The number of nitrogens with zero attached hydrogens (tertiary/aromatic N) is 6. The molecule has 0 spiro atoms. The van der Waals surface area contributed by atoms with Crippen LogP contribution in [-0.4, -0.2) is 69.1 Å². The third kappa shape index (κ3) is 4.39. The predicted octanol–water partition coefficient (Wildman–Crippen LogP) is 1.22. The van der Waals surface area contributed by atoms with Crippen LogP contribution in [0.1, 0.15) is 39.9 Å². The van der Waals surface area contributed by atoms with E-state index in [1.807, 2.05) is 44.4 Å². The third-order valence-electron chi connectivity index (χ3n) is 4.95. The molecule has 0 radical (unpaired) electrons. The van der Waals surface area contributed by atoms with E-state index < -0.39 is 0 Å². The molecule has 2 aromatic heterocycles. The molecule has 3 rings (SSSR count). The molecule has 0 aromatic carbocycles. The van der Waals surface area contributed by atoms with Crippen molar-refractivity contribution < 1.29 is 9.53 Å². The minimum atomic E-state index is -0.322. The van der Waals surface area contributed by atoms with Gasteiger partial charge in [0.2, 0.25) is 0 Å². The van der Waals surface area contributed by atoms with Crippen LogP contribution in [0.3, 0.4) is 0 Å². The van der Waals surface area contributed by atoms with E-state index in [9.17, 15) is 4.79 Å². The second-order valence-electron chi connectivity index (χ2n) is 7.39. The predicted molar refractivity (Wildman–Crippen MR) is 103 cm³/mol. The Morgan fingerprint density at radius 2 is 2.11 bits per heavy atom. The van der Waals surface area contributed by atoms with Crippen LogP contribution in [0.4, 0.5) is 0 Å². The molecule has 0 unspecified atom stereocenters. The lowest BCUT2D eigenvalue weighted by Gasteiger charge is -2.27. The third-order valence-corrected chi connectivity index (χ3v) is 4.95. The van der Waals surface area contributed by atoms with Crippen LogP contribution < -0.4 is 0 Å². The van der Waals surface area contributed by atoms with Gasteiger partial charge in [-0.25, -0.2) is 4.79 Å². The van der Waals surface area contributed by atoms with E-state index in [1.54, 1.807) is 0 Å². The topological polar surface area (TPSA) is 68.4 Å². The molecule has 0 saturated heterocycles. The summed E-state index contributed by atoms with van der Waals surface area (Å²) in [4.78, 5) is 16.9. The van der Waals surface area contributed by atoms with Crippen molar-refractivity contribution in [3.05, 3.63) is 34.4 Å². The zero-order valence-corrected chi connectivity index (χ0v) is 17.0. The number of likely N-dealkylation sites (N-methyl/N-ethyl adjacent to an activating group) is 1. The molecular formula is C19H30N6O2. The summed E-state index contributed by atoms with van der Waals surface area (Å²) < 4.78 is 9.10. The van der Waals surface area contributed by atoms with E-state index in [0.717, 1.165) is 43.9 Å². The van der Waals surface area contributed by atoms with Gasteiger partial charge in [-0.15, -0.1) is 0 Å². The SMILES string of the molecule is CCOC(=O)c1nn(CCN(C)C)c2c1CN(Cc1cn(C)nc1C)CC2. The van der Waals surface area contributed by atoms with Gasteiger partial charge in [0, 0.05) is 62.7 Å². The van der Waals surface area contributed by atoms with Crippen LogP contribution in [0, 0.1) is 6.92 Å². The van der Waals surface area contributed by atoms with Crippen molar-refractivity contribution in [3.63, 3.8) is 0 Å². The van der Waals surface area contributed by atoms with Gasteiger partial charge in [0.15, 0.2) is 5.69 Å². The Kier molecular flexibility index (Phi) is 5.96. The average molecular weight is 374 g/mol. The quantitative estimate of drug-likeness (QED) is 0.679. The standard InChI is InChI=1S/C19H30N6O2/c1-6-27-19(26)18-16-13-24(12-15-11-23(5)20-14(15)2)8-7-17(16)25(21-18)10-9-22(3)4/h11H,6-10,12-13H2,1-5H3. The Bertz CT molecular complexity index is 807. The van der Waals surface area contributed by atoms with Crippen LogP contribution in [0.5, 0.6) is 0 Å². The van der Waals surface area contributed by atoms with Crippen molar-refractivity contribution in [1.29, 1.82) is 0 Å². The van der Waals surface area contributed by atoms with E-state index >= 15 is 0 Å². The van der Waals surface area contributed by atoms with Gasteiger partial charge >= 0.3 is 5.97 Å². The van der Waals surface area contributed by atoms with Crippen LogP contribution in [0.25, 0.3) is 0 Å². The number of ether oxygens (including phenoxy) is 1. The maximum atomic E-state index is 12.5. The summed E-state index contributed by atoms with van der Waals surface area (Å²) in [5, 5.41) is 9.05. The Morgan fingerprint density at radius 1 is 1.33 bits per heavy atom. The highest BCUT2D eigenvalue weighted by atomic mass is 16.5. The number of carbonyl (C=O) groups is 1. The summed E-state index contributed by atoms with van der Waals surface area (Å²) in [5.74, 6) is -0.322. The van der Waals surface area contributed by atoms with Gasteiger partial charge in [-0.1, -0.05) is 0 Å². The summed E-state index contributed by atoms with van der Waals surface area (Å²) in [6.45, 7) is 8.35. The molecule has 0 N–H and O–H groups in total. The maximum absolute atomic E-state index is 12.5. The first-order chi connectivity index (χ1) is 12.9. The Hall–Kier alpha value is -2.19. The molecule has 0 atom stereocenters. The molecule has 2 aromatic rings.